The van der Waals surface area contributed by atoms with Gasteiger partial charge in [-0.25, -0.2) is 4.79 Å². The molecule has 0 aliphatic heterocycles. The predicted octanol–water partition coefficient (Wildman–Crippen LogP) is 1.46. The molecule has 0 fully saturated rings. The summed E-state index contributed by atoms with van der Waals surface area (Å²) in [5, 5.41) is 11.5. The Morgan fingerprint density at radius 2 is 2.00 bits per heavy atom. The lowest BCUT2D eigenvalue weighted by Gasteiger charge is -2.23. The Bertz CT molecular complexity index is 166. The first-order valence-electron chi connectivity index (χ1n) is 4.10. The molecule has 3 heteroatoms. The highest BCUT2D eigenvalue weighted by Crippen LogP contribution is 2.14. The van der Waals surface area contributed by atoms with E-state index < -0.39 is 12.0 Å². The number of nitrogens with one attached hydrogen (secondary N) is 1. The summed E-state index contributed by atoms with van der Waals surface area (Å²) in [6.45, 7) is 9.38. The lowest BCUT2D eigenvalue weighted by molar-refractivity contribution is -0.140. The lowest BCUT2D eigenvalue weighted by atomic mass is 9.90. The van der Waals surface area contributed by atoms with Gasteiger partial charge >= 0.3 is 5.97 Å². The average Bonchev–Trinajstić information content (AvgIpc) is 1.98. The van der Waals surface area contributed by atoms with Crippen LogP contribution < -0.4 is 5.32 Å². The van der Waals surface area contributed by atoms with Gasteiger partial charge in [0.05, 0.1) is 0 Å². The third-order valence-electron chi connectivity index (χ3n) is 2.14. The van der Waals surface area contributed by atoms with Crippen molar-refractivity contribution >= 4 is 5.97 Å². The molecule has 2 N–H and O–H groups in total. The van der Waals surface area contributed by atoms with Crippen LogP contribution in [0.4, 0.5) is 0 Å². The molecule has 3 nitrogen and oxygen atoms in total. The van der Waals surface area contributed by atoms with E-state index >= 15 is 0 Å². The van der Waals surface area contributed by atoms with Gasteiger partial charge in [0.15, 0.2) is 0 Å². The fourth-order valence-electron chi connectivity index (χ4n) is 0.960. The van der Waals surface area contributed by atoms with Crippen molar-refractivity contribution in [1.82, 2.24) is 5.32 Å². The van der Waals surface area contributed by atoms with Crippen LogP contribution in [0.2, 0.25) is 0 Å². The zero-order valence-electron chi connectivity index (χ0n) is 7.87. The van der Waals surface area contributed by atoms with Crippen LogP contribution in [0.15, 0.2) is 12.8 Å². The van der Waals surface area contributed by atoms with Crippen LogP contribution >= 0.6 is 0 Å². The number of hydrogen-bond acceptors (Lipinski definition) is 2. The minimum Gasteiger partial charge on any atom is -0.480 e. The van der Waals surface area contributed by atoms with Crippen LogP contribution in [-0.2, 0) is 4.79 Å². The Kier molecular flexibility index (Phi) is 4.40. The molecule has 0 aromatic rings. The van der Waals surface area contributed by atoms with Crippen LogP contribution in [0.3, 0.4) is 0 Å². The fraction of sp³-hybridized carbons (Fsp3) is 0.667. The van der Waals surface area contributed by atoms with Crippen molar-refractivity contribution in [2.45, 2.75) is 26.8 Å². The topological polar surface area (TPSA) is 49.3 Å². The van der Waals surface area contributed by atoms with E-state index in [0.29, 0.717) is 5.92 Å². The van der Waals surface area contributed by atoms with Crippen LogP contribution in [0.1, 0.15) is 20.8 Å². The van der Waals surface area contributed by atoms with Gasteiger partial charge in [-0.1, -0.05) is 27.4 Å². The molecule has 70 valence electrons. The van der Waals surface area contributed by atoms with Crippen molar-refractivity contribution in [1.29, 1.82) is 0 Å². The largest absolute Gasteiger partial charge is 0.480 e. The molecule has 0 bridgehead atoms. The van der Waals surface area contributed by atoms with E-state index in [1.807, 2.05) is 20.8 Å². The van der Waals surface area contributed by atoms with E-state index in [0.717, 1.165) is 0 Å². The highest BCUT2D eigenvalue weighted by molar-refractivity contribution is 5.74. The third kappa shape index (κ3) is 2.95. The average molecular weight is 171 g/mol. The molecule has 0 heterocycles. The number of aliphatic carboxylic acids is 1. The van der Waals surface area contributed by atoms with Crippen LogP contribution in [0.25, 0.3) is 0 Å². The zero-order chi connectivity index (χ0) is 9.72. The van der Waals surface area contributed by atoms with E-state index in [9.17, 15) is 4.79 Å². The maximum atomic E-state index is 10.7. The van der Waals surface area contributed by atoms with Gasteiger partial charge < -0.3 is 10.4 Å². The molecular weight excluding hydrogens is 154 g/mol. The molecule has 0 rings (SSSR count). The van der Waals surface area contributed by atoms with Crippen LogP contribution in [-0.4, -0.2) is 17.1 Å². The van der Waals surface area contributed by atoms with Crippen LogP contribution in [0, 0.1) is 11.8 Å². The summed E-state index contributed by atoms with van der Waals surface area (Å²) in [7, 11) is 0. The first-order valence-corrected chi connectivity index (χ1v) is 4.10. The molecule has 0 aromatic heterocycles. The third-order valence-corrected chi connectivity index (χ3v) is 2.14. The standard InChI is InChI=1S/C9H17NO2/c1-5-10-8(9(11)12)7(4)6(2)3/h5-8,10H,1H2,2-4H3,(H,11,12)/t7-,8?/m0/s1. The van der Waals surface area contributed by atoms with E-state index in [1.165, 1.54) is 6.20 Å². The normalized spacial score (nSPS) is 15.3. The van der Waals surface area contributed by atoms with E-state index in [1.54, 1.807) is 0 Å². The Morgan fingerprint density at radius 1 is 1.50 bits per heavy atom. The van der Waals surface area contributed by atoms with Gasteiger partial charge in [0.2, 0.25) is 0 Å². The maximum Gasteiger partial charge on any atom is 0.326 e. The molecule has 0 saturated heterocycles. The van der Waals surface area contributed by atoms with Crippen molar-refractivity contribution in [3.8, 4) is 0 Å². The van der Waals surface area contributed by atoms with Crippen LogP contribution in [0.5, 0.6) is 0 Å². The summed E-state index contributed by atoms with van der Waals surface area (Å²) in [5.41, 5.74) is 0. The Balaban J connectivity index is 4.28. The summed E-state index contributed by atoms with van der Waals surface area (Å²) in [4.78, 5) is 10.7. The van der Waals surface area contributed by atoms with Crippen molar-refractivity contribution in [3.63, 3.8) is 0 Å². The Labute approximate surface area is 73.5 Å². The van der Waals surface area contributed by atoms with Gasteiger partial charge in [0.1, 0.15) is 6.04 Å². The van der Waals surface area contributed by atoms with Crippen molar-refractivity contribution in [3.05, 3.63) is 12.8 Å². The Morgan fingerprint density at radius 3 is 2.25 bits per heavy atom. The molecule has 2 atom stereocenters. The van der Waals surface area contributed by atoms with Gasteiger partial charge in [-0.15, -0.1) is 0 Å². The number of rotatable bonds is 5. The van der Waals surface area contributed by atoms with Crippen molar-refractivity contribution < 1.29 is 9.90 Å². The zero-order valence-corrected chi connectivity index (χ0v) is 7.87. The minimum absolute atomic E-state index is 0.0977. The monoisotopic (exact) mass is 171 g/mol. The smallest absolute Gasteiger partial charge is 0.326 e. The highest BCUT2D eigenvalue weighted by atomic mass is 16.4. The van der Waals surface area contributed by atoms with E-state index in [4.69, 9.17) is 5.11 Å². The number of carboxylic acid groups (broad SMARTS) is 1. The molecule has 12 heavy (non-hydrogen) atoms. The minimum atomic E-state index is -0.823. The quantitative estimate of drug-likeness (QED) is 0.658. The second-order valence-corrected chi connectivity index (χ2v) is 3.29. The summed E-state index contributed by atoms with van der Waals surface area (Å²) < 4.78 is 0. The van der Waals surface area contributed by atoms with Crippen molar-refractivity contribution in [2.75, 3.05) is 0 Å². The lowest BCUT2D eigenvalue weighted by Crippen LogP contribution is -2.40. The first kappa shape index (κ1) is 11.0. The summed E-state index contributed by atoms with van der Waals surface area (Å²) in [6.07, 6.45) is 1.43. The number of hydrogen-bond donors (Lipinski definition) is 2. The fourth-order valence-corrected chi connectivity index (χ4v) is 0.960. The molecule has 0 spiro atoms. The summed E-state index contributed by atoms with van der Waals surface area (Å²) >= 11 is 0. The molecule has 1 unspecified atom stereocenters. The molecule has 0 aliphatic carbocycles. The SMILES string of the molecule is C=CNC(C(=O)O)[C@@H](C)C(C)C. The Hall–Kier alpha value is -0.990. The predicted molar refractivity (Wildman–Crippen MR) is 48.8 cm³/mol. The molecule has 0 aromatic carbocycles. The van der Waals surface area contributed by atoms with Gasteiger partial charge in [0.25, 0.3) is 0 Å². The van der Waals surface area contributed by atoms with Crippen molar-refractivity contribution in [2.24, 2.45) is 11.8 Å². The first-order chi connectivity index (χ1) is 5.50. The second kappa shape index (κ2) is 4.80. The molecule has 0 amide bonds. The summed E-state index contributed by atoms with van der Waals surface area (Å²) in [6, 6.07) is -0.525. The highest BCUT2D eigenvalue weighted by Gasteiger charge is 2.25. The molecule has 0 saturated carbocycles. The molecule has 0 radical (unpaired) electrons. The number of carboxylic acids is 1. The van der Waals surface area contributed by atoms with Gasteiger partial charge in [0, 0.05) is 0 Å². The van der Waals surface area contributed by atoms with Gasteiger partial charge in [-0.2, -0.15) is 0 Å². The molecule has 0 aliphatic rings. The van der Waals surface area contributed by atoms with Gasteiger partial charge in [-0.3, -0.25) is 0 Å². The second-order valence-electron chi connectivity index (χ2n) is 3.29. The number of carbonyl (C=O) groups is 1. The van der Waals surface area contributed by atoms with E-state index in [-0.39, 0.29) is 5.92 Å². The molecular formula is C9H17NO2. The van der Waals surface area contributed by atoms with E-state index in [2.05, 4.69) is 11.9 Å². The van der Waals surface area contributed by atoms with Gasteiger partial charge in [-0.05, 0) is 18.0 Å². The summed E-state index contributed by atoms with van der Waals surface area (Å²) in [5.74, 6) is -0.379. The maximum absolute atomic E-state index is 10.7.